The number of phenols is 1. The van der Waals surface area contributed by atoms with Crippen LogP contribution in [0.2, 0.25) is 0 Å². The van der Waals surface area contributed by atoms with Gasteiger partial charge in [0.05, 0.1) is 33.6 Å². The topological polar surface area (TPSA) is 198 Å². The molecule has 76 heavy (non-hydrogen) atoms. The van der Waals surface area contributed by atoms with Gasteiger partial charge in [-0.1, -0.05) is 51.1 Å². The molecule has 7 atom stereocenters. The van der Waals surface area contributed by atoms with Gasteiger partial charge in [0.25, 0.3) is 0 Å². The van der Waals surface area contributed by atoms with Gasteiger partial charge >= 0.3 is 6.01 Å². The predicted octanol–water partition coefficient (Wildman–Crippen LogP) is 7.72. The van der Waals surface area contributed by atoms with Gasteiger partial charge in [0.2, 0.25) is 17.7 Å². The molecule has 0 saturated carbocycles. The Morgan fingerprint density at radius 1 is 0.947 bits per heavy atom. The molecule has 402 valence electrons. The molecular formula is C56H65F3N10O6S. The number of carbonyl (C=O) groups excluding carboxylic acids is 3. The van der Waals surface area contributed by atoms with E-state index in [1.165, 1.54) is 23.2 Å². The molecule has 4 fully saturated rings. The van der Waals surface area contributed by atoms with Crippen LogP contribution in [0.25, 0.3) is 43.4 Å². The Morgan fingerprint density at radius 2 is 1.71 bits per heavy atom. The molecule has 3 aromatic carbocycles. The molecule has 10 rings (SSSR count). The van der Waals surface area contributed by atoms with Crippen molar-refractivity contribution in [2.45, 2.75) is 128 Å². The summed E-state index contributed by atoms with van der Waals surface area (Å²) in [5.41, 5.74) is 3.45. The van der Waals surface area contributed by atoms with Gasteiger partial charge in [-0.3, -0.25) is 24.3 Å². The maximum absolute atomic E-state index is 17.0. The molecule has 3 aromatic heterocycles. The first-order valence-electron chi connectivity index (χ1n) is 26.3. The van der Waals surface area contributed by atoms with Gasteiger partial charge in [-0.2, -0.15) is 9.97 Å². The minimum atomic E-state index is -1.19. The fourth-order valence-electron chi connectivity index (χ4n) is 11.5. The summed E-state index contributed by atoms with van der Waals surface area (Å²) in [6.45, 7) is 12.3. The molecule has 6 aromatic rings. The number of pyridine rings is 1. The second-order valence-electron chi connectivity index (χ2n) is 22.0. The van der Waals surface area contributed by atoms with Crippen LogP contribution in [-0.2, 0) is 14.4 Å². The standard InChI is InChI=1S/C56H65F3N10O6S/c1-30(32-11-13-33(14-12-32)50-31(2)61-29-76-50)62-53(73)43-23-39(71)27-69(43)54(74)51(56(3,4)5)64-44(72)10-6-7-19-67-20-8-9-37(67)28-75-55-65-49-41(52(66-55)68-25-35-16-17-36(26-68)63-35)24-60-48(47(49)59)40-22-38(70)21-34-15-18-42(57)46(58)45(34)40/h11-15,18,21-22,24,29-30,35-37,39,43,51,63,70-71H,6-10,16-17,19-20,23,25-28H2,1-5H3,(H,62,73)(H,64,72)/t30-,35?,36?,37-,39+,43-,51+/m0/s1. The summed E-state index contributed by atoms with van der Waals surface area (Å²) in [6.07, 6.45) is 5.76. The Bertz CT molecular complexity index is 3140. The molecule has 0 spiro atoms. The summed E-state index contributed by atoms with van der Waals surface area (Å²) < 4.78 is 53.3. The molecule has 4 aliphatic rings. The molecule has 2 unspecified atom stereocenters. The number of thiazole rings is 1. The summed E-state index contributed by atoms with van der Waals surface area (Å²) in [4.78, 5) is 66.8. The van der Waals surface area contributed by atoms with E-state index in [2.05, 4.69) is 40.7 Å². The van der Waals surface area contributed by atoms with E-state index in [0.29, 0.717) is 43.7 Å². The van der Waals surface area contributed by atoms with Gasteiger partial charge in [-0.15, -0.1) is 11.3 Å². The number of ether oxygens (including phenoxy) is 1. The molecule has 4 saturated heterocycles. The van der Waals surface area contributed by atoms with Crippen LogP contribution in [0, 0.1) is 29.8 Å². The number of aryl methyl sites for hydroxylation is 1. The molecule has 4 aliphatic heterocycles. The SMILES string of the molecule is Cc1ncsc1-c1ccc([C@H](C)NC(=O)[C@@H]2C[C@@H](O)CN2C(=O)[C@@H](NC(=O)CCCCN2CCC[C@H]2COc2nc(N3CC4CCC(C3)N4)c3cnc(-c4cc(O)cc5ccc(F)c(F)c45)c(F)c3n2)C(C)(C)C)cc1. The monoisotopic (exact) mass is 1060 g/mol. The summed E-state index contributed by atoms with van der Waals surface area (Å²) in [5, 5.41) is 31.3. The highest BCUT2D eigenvalue weighted by molar-refractivity contribution is 7.13. The zero-order valence-corrected chi connectivity index (χ0v) is 44.2. The first kappa shape index (κ1) is 52.9. The number of nitrogens with zero attached hydrogens (tertiary/aromatic N) is 7. The fraction of sp³-hybridized carbons (Fsp3) is 0.482. The largest absolute Gasteiger partial charge is 0.508 e. The van der Waals surface area contributed by atoms with Gasteiger partial charge in [0.15, 0.2) is 17.5 Å². The fourth-order valence-corrected chi connectivity index (χ4v) is 12.3. The number of piperazine rings is 1. The summed E-state index contributed by atoms with van der Waals surface area (Å²) in [7, 11) is 0. The lowest BCUT2D eigenvalue weighted by Crippen LogP contribution is -2.57. The highest BCUT2D eigenvalue weighted by Gasteiger charge is 2.45. The van der Waals surface area contributed by atoms with E-state index < -0.39 is 47.0 Å². The molecule has 16 nitrogen and oxygen atoms in total. The average molecular weight is 1060 g/mol. The van der Waals surface area contributed by atoms with E-state index in [-0.39, 0.29) is 101 Å². The number of β-amino-alcohol motifs (C(OH)–C–C–N with tert-alkyl or cyclic N) is 1. The lowest BCUT2D eigenvalue weighted by atomic mass is 9.85. The van der Waals surface area contributed by atoms with Crippen LogP contribution in [0.1, 0.15) is 96.4 Å². The number of unbranched alkanes of at least 4 members (excludes halogenated alkanes) is 1. The van der Waals surface area contributed by atoms with E-state index in [1.807, 2.05) is 64.4 Å². The summed E-state index contributed by atoms with van der Waals surface area (Å²) in [5.74, 6) is -4.10. The zero-order valence-electron chi connectivity index (χ0n) is 43.4. The van der Waals surface area contributed by atoms with Crippen LogP contribution in [0.15, 0.2) is 60.2 Å². The van der Waals surface area contributed by atoms with Crippen molar-refractivity contribution < 1.29 is 42.5 Å². The third-order valence-electron chi connectivity index (χ3n) is 15.5. The molecule has 3 amide bonds. The lowest BCUT2D eigenvalue weighted by molar-refractivity contribution is -0.144. The zero-order chi connectivity index (χ0) is 53.6. The number of phenolic OH excluding ortho intramolecular Hbond substituents is 1. The smallest absolute Gasteiger partial charge is 0.319 e. The third-order valence-corrected chi connectivity index (χ3v) is 16.4. The quantitative estimate of drug-likeness (QED) is 0.0591. The second kappa shape index (κ2) is 21.9. The van der Waals surface area contributed by atoms with E-state index in [0.717, 1.165) is 66.1 Å². The first-order chi connectivity index (χ1) is 36.4. The Labute approximate surface area is 443 Å². The second-order valence-corrected chi connectivity index (χ2v) is 22.8. The van der Waals surface area contributed by atoms with Crippen molar-refractivity contribution in [3.8, 4) is 33.5 Å². The number of rotatable bonds is 16. The Kier molecular flexibility index (Phi) is 15.2. The van der Waals surface area contributed by atoms with Crippen LogP contribution in [0.4, 0.5) is 19.0 Å². The van der Waals surface area contributed by atoms with Crippen LogP contribution in [-0.4, -0.2) is 133 Å². The number of aromatic hydroxyl groups is 1. The molecule has 20 heteroatoms. The normalized spacial score (nSPS) is 21.6. The van der Waals surface area contributed by atoms with Crippen molar-refractivity contribution in [1.29, 1.82) is 0 Å². The number of anilines is 1. The minimum Gasteiger partial charge on any atom is -0.508 e. The maximum Gasteiger partial charge on any atom is 0.319 e. The molecule has 0 aliphatic carbocycles. The van der Waals surface area contributed by atoms with E-state index in [4.69, 9.17) is 9.72 Å². The molecule has 2 bridgehead atoms. The molecule has 5 N–H and O–H groups in total. The van der Waals surface area contributed by atoms with E-state index in [1.54, 1.807) is 11.3 Å². The number of nitrogens with one attached hydrogen (secondary N) is 3. The van der Waals surface area contributed by atoms with E-state index in [9.17, 15) is 29.0 Å². The van der Waals surface area contributed by atoms with Crippen LogP contribution in [0.3, 0.4) is 0 Å². The summed E-state index contributed by atoms with van der Waals surface area (Å²) >= 11 is 1.57. The number of aromatic nitrogens is 4. The summed E-state index contributed by atoms with van der Waals surface area (Å²) in [6, 6.07) is 10.8. The van der Waals surface area contributed by atoms with Gasteiger partial charge in [-0.25, -0.2) is 18.2 Å². The third kappa shape index (κ3) is 11.0. The van der Waals surface area contributed by atoms with Crippen LogP contribution < -0.4 is 25.6 Å². The van der Waals surface area contributed by atoms with Gasteiger partial charge in [0.1, 0.15) is 41.5 Å². The van der Waals surface area contributed by atoms with Crippen molar-refractivity contribution in [1.82, 2.24) is 45.7 Å². The number of aliphatic hydroxyl groups is 1. The molecular weight excluding hydrogens is 998 g/mol. The highest BCUT2D eigenvalue weighted by Crippen LogP contribution is 2.40. The Balaban J connectivity index is 0.768. The number of aliphatic hydroxyl groups excluding tert-OH is 1. The number of carbonyl (C=O) groups is 3. The van der Waals surface area contributed by atoms with Crippen molar-refractivity contribution in [2.75, 3.05) is 44.2 Å². The Hall–Kier alpha value is -6.48. The van der Waals surface area contributed by atoms with Crippen molar-refractivity contribution in [2.24, 2.45) is 5.41 Å². The van der Waals surface area contributed by atoms with E-state index >= 15 is 8.78 Å². The van der Waals surface area contributed by atoms with Crippen LogP contribution >= 0.6 is 11.3 Å². The van der Waals surface area contributed by atoms with Gasteiger partial charge < -0.3 is 40.7 Å². The van der Waals surface area contributed by atoms with Crippen molar-refractivity contribution in [3.63, 3.8) is 0 Å². The maximum atomic E-state index is 17.0. The first-order valence-corrected chi connectivity index (χ1v) is 27.2. The molecule has 7 heterocycles. The number of hydrogen-bond acceptors (Lipinski definition) is 14. The van der Waals surface area contributed by atoms with Gasteiger partial charge in [0, 0.05) is 67.7 Å². The predicted molar refractivity (Wildman–Crippen MR) is 284 cm³/mol. The number of fused-ring (bicyclic) bond motifs is 4. The number of hydrogen-bond donors (Lipinski definition) is 5. The van der Waals surface area contributed by atoms with Crippen molar-refractivity contribution in [3.05, 3.63) is 88.9 Å². The minimum absolute atomic E-state index is 0.0214. The average Bonchev–Trinajstić information content (AvgIpc) is 4.25. The Morgan fingerprint density at radius 3 is 2.43 bits per heavy atom. The number of likely N-dealkylation sites (tertiary alicyclic amines) is 2. The number of amides is 3. The van der Waals surface area contributed by atoms with Crippen LogP contribution in [0.5, 0.6) is 11.8 Å². The van der Waals surface area contributed by atoms with Gasteiger partial charge in [-0.05, 0) is 106 Å². The lowest BCUT2D eigenvalue weighted by Gasteiger charge is -2.35. The number of halogens is 3. The molecule has 0 radical (unpaired) electrons. The highest BCUT2D eigenvalue weighted by atomic mass is 32.1. The van der Waals surface area contributed by atoms with Crippen molar-refractivity contribution >= 4 is 56.6 Å². The number of benzene rings is 3.